The molecule has 6 nitrogen and oxygen atoms in total. The van der Waals surface area contributed by atoms with Crippen LogP contribution in [0.2, 0.25) is 0 Å². The largest absolute Gasteiger partial charge is 0.376 e. The van der Waals surface area contributed by atoms with Gasteiger partial charge in [0.15, 0.2) is 0 Å². The van der Waals surface area contributed by atoms with Crippen LogP contribution >= 0.6 is 11.5 Å². The number of hydrogen-bond acceptors (Lipinski definition) is 5. The molecule has 1 atom stereocenters. The van der Waals surface area contributed by atoms with Gasteiger partial charge in [-0.3, -0.25) is 9.59 Å². The Morgan fingerprint density at radius 2 is 2.43 bits per heavy atom. The first-order chi connectivity index (χ1) is 10.1. The summed E-state index contributed by atoms with van der Waals surface area (Å²) in [4.78, 5) is 28.0. The van der Waals surface area contributed by atoms with E-state index in [1.165, 1.54) is 11.5 Å². The maximum absolute atomic E-state index is 12.3. The molecule has 0 aromatic carbocycles. The number of rotatable bonds is 3. The Labute approximate surface area is 125 Å². The third-order valence-electron chi connectivity index (χ3n) is 3.45. The molecule has 0 radical (unpaired) electrons. The number of fused-ring (bicyclic) bond motifs is 1. The van der Waals surface area contributed by atoms with Gasteiger partial charge < -0.3 is 15.0 Å². The summed E-state index contributed by atoms with van der Waals surface area (Å²) in [7, 11) is 0. The number of aromatic amines is 1. The summed E-state index contributed by atoms with van der Waals surface area (Å²) >= 11 is 1.32. The van der Waals surface area contributed by atoms with Crippen LogP contribution < -0.4 is 10.9 Å². The van der Waals surface area contributed by atoms with Gasteiger partial charge in [-0.25, -0.2) is 4.37 Å². The SMILES string of the molecule is CC(NC(=O)c1cc2c([nH]c1=O)CCOC2)c1ccns1. The third-order valence-corrected chi connectivity index (χ3v) is 4.37. The molecule has 1 aliphatic rings. The summed E-state index contributed by atoms with van der Waals surface area (Å²) in [6.45, 7) is 2.88. The van der Waals surface area contributed by atoms with Gasteiger partial charge >= 0.3 is 0 Å². The van der Waals surface area contributed by atoms with Crippen LogP contribution in [0.3, 0.4) is 0 Å². The van der Waals surface area contributed by atoms with Crippen LogP contribution in [0.5, 0.6) is 0 Å². The van der Waals surface area contributed by atoms with E-state index in [1.54, 1.807) is 12.3 Å². The lowest BCUT2D eigenvalue weighted by Gasteiger charge is -2.17. The van der Waals surface area contributed by atoms with E-state index in [4.69, 9.17) is 4.74 Å². The van der Waals surface area contributed by atoms with Crippen LogP contribution in [-0.2, 0) is 17.8 Å². The molecule has 2 aromatic heterocycles. The van der Waals surface area contributed by atoms with Gasteiger partial charge in [0.25, 0.3) is 11.5 Å². The first-order valence-corrected chi connectivity index (χ1v) is 7.47. The Kier molecular flexibility index (Phi) is 3.85. The fourth-order valence-corrected chi connectivity index (χ4v) is 2.87. The highest BCUT2D eigenvalue weighted by Crippen LogP contribution is 2.17. The Balaban J connectivity index is 1.83. The van der Waals surface area contributed by atoms with Crippen LogP contribution in [-0.4, -0.2) is 21.9 Å². The number of aromatic nitrogens is 2. The third kappa shape index (κ3) is 2.88. The van der Waals surface area contributed by atoms with E-state index in [9.17, 15) is 9.59 Å². The summed E-state index contributed by atoms with van der Waals surface area (Å²) in [5.74, 6) is -0.384. The standard InChI is InChI=1S/C14H15N3O3S/c1-8(12-2-4-15-21-12)16-13(18)10-6-9-7-20-5-3-11(9)17-14(10)19/h2,4,6,8H,3,5,7H2,1H3,(H,16,18)(H,17,19). The van der Waals surface area contributed by atoms with Crippen LogP contribution in [0.1, 0.15) is 39.5 Å². The molecular formula is C14H15N3O3S. The molecule has 1 amide bonds. The Bertz CT molecular complexity index is 709. The highest BCUT2D eigenvalue weighted by Gasteiger charge is 2.19. The number of pyridine rings is 1. The topological polar surface area (TPSA) is 84.1 Å². The van der Waals surface area contributed by atoms with E-state index in [-0.39, 0.29) is 23.1 Å². The zero-order valence-corrected chi connectivity index (χ0v) is 12.3. The molecule has 3 rings (SSSR count). The van der Waals surface area contributed by atoms with E-state index in [0.29, 0.717) is 19.6 Å². The summed E-state index contributed by atoms with van der Waals surface area (Å²) in [6.07, 6.45) is 2.36. The summed E-state index contributed by atoms with van der Waals surface area (Å²) in [5, 5.41) is 2.82. The van der Waals surface area contributed by atoms with Crippen LogP contribution in [0, 0.1) is 0 Å². The van der Waals surface area contributed by atoms with Crippen molar-refractivity contribution in [3.05, 3.63) is 50.4 Å². The van der Waals surface area contributed by atoms with Gasteiger partial charge in [0.05, 0.1) is 19.3 Å². The van der Waals surface area contributed by atoms with Crippen LogP contribution in [0.25, 0.3) is 0 Å². The van der Waals surface area contributed by atoms with E-state index in [2.05, 4.69) is 14.7 Å². The molecule has 0 saturated heterocycles. The van der Waals surface area contributed by atoms with E-state index >= 15 is 0 Å². The summed E-state index contributed by atoms with van der Waals surface area (Å²) in [5.41, 5.74) is 1.50. The van der Waals surface area contributed by atoms with Gasteiger partial charge in [0, 0.05) is 23.2 Å². The van der Waals surface area contributed by atoms with Crippen molar-refractivity contribution < 1.29 is 9.53 Å². The quantitative estimate of drug-likeness (QED) is 0.897. The maximum atomic E-state index is 12.3. The summed E-state index contributed by atoms with van der Waals surface area (Å²) < 4.78 is 9.35. The number of nitrogens with zero attached hydrogens (tertiary/aromatic N) is 1. The number of H-pyrrole nitrogens is 1. The molecule has 110 valence electrons. The fourth-order valence-electron chi connectivity index (χ4n) is 2.28. The van der Waals surface area contributed by atoms with Crippen molar-refractivity contribution in [3.63, 3.8) is 0 Å². The van der Waals surface area contributed by atoms with Crippen LogP contribution in [0.4, 0.5) is 0 Å². The van der Waals surface area contributed by atoms with Crippen molar-refractivity contribution in [1.82, 2.24) is 14.7 Å². The van der Waals surface area contributed by atoms with Gasteiger partial charge in [-0.1, -0.05) is 0 Å². The fraction of sp³-hybridized carbons (Fsp3) is 0.357. The van der Waals surface area contributed by atoms with Gasteiger partial charge in [0.1, 0.15) is 5.56 Å². The minimum absolute atomic E-state index is 0.121. The molecule has 2 aromatic rings. The molecule has 0 bridgehead atoms. The first kappa shape index (κ1) is 14.0. The average molecular weight is 305 g/mol. The number of amides is 1. The van der Waals surface area contributed by atoms with Crippen molar-refractivity contribution in [3.8, 4) is 0 Å². The highest BCUT2D eigenvalue weighted by molar-refractivity contribution is 7.05. The van der Waals surface area contributed by atoms with E-state index < -0.39 is 0 Å². The average Bonchev–Trinajstić information content (AvgIpc) is 3.00. The molecule has 0 saturated carbocycles. The smallest absolute Gasteiger partial charge is 0.261 e. The Morgan fingerprint density at radius 1 is 1.57 bits per heavy atom. The van der Waals surface area contributed by atoms with Gasteiger partial charge in [-0.15, -0.1) is 0 Å². The minimum Gasteiger partial charge on any atom is -0.376 e. The Hall–Kier alpha value is -1.99. The predicted molar refractivity (Wildman–Crippen MR) is 78.4 cm³/mol. The molecule has 1 unspecified atom stereocenters. The lowest BCUT2D eigenvalue weighted by molar-refractivity contribution is 0.0935. The maximum Gasteiger partial charge on any atom is 0.261 e. The highest BCUT2D eigenvalue weighted by atomic mass is 32.1. The van der Waals surface area contributed by atoms with Crippen LogP contribution in [0.15, 0.2) is 23.1 Å². The molecule has 7 heteroatoms. The molecular weight excluding hydrogens is 290 g/mol. The second-order valence-electron chi connectivity index (χ2n) is 4.93. The molecule has 0 fully saturated rings. The number of carbonyl (C=O) groups is 1. The molecule has 0 aliphatic carbocycles. The normalized spacial score (nSPS) is 15.3. The van der Waals surface area contributed by atoms with E-state index in [0.717, 1.165) is 16.1 Å². The molecule has 21 heavy (non-hydrogen) atoms. The summed E-state index contributed by atoms with van der Waals surface area (Å²) in [6, 6.07) is 3.29. The van der Waals surface area contributed by atoms with Gasteiger partial charge in [0.2, 0.25) is 0 Å². The van der Waals surface area contributed by atoms with Crippen molar-refractivity contribution in [2.24, 2.45) is 0 Å². The zero-order chi connectivity index (χ0) is 14.8. The number of nitrogens with one attached hydrogen (secondary N) is 2. The van der Waals surface area contributed by atoms with Crippen molar-refractivity contribution in [1.29, 1.82) is 0 Å². The predicted octanol–water partition coefficient (Wildman–Crippen LogP) is 1.40. The lowest BCUT2D eigenvalue weighted by Crippen LogP contribution is -2.32. The number of carbonyl (C=O) groups excluding carboxylic acids is 1. The first-order valence-electron chi connectivity index (χ1n) is 6.69. The molecule has 3 heterocycles. The van der Waals surface area contributed by atoms with Crippen molar-refractivity contribution >= 4 is 17.4 Å². The second-order valence-corrected chi connectivity index (χ2v) is 5.79. The lowest BCUT2D eigenvalue weighted by atomic mass is 10.1. The van der Waals surface area contributed by atoms with E-state index in [1.807, 2.05) is 13.0 Å². The monoisotopic (exact) mass is 305 g/mol. The minimum atomic E-state index is -0.384. The van der Waals surface area contributed by atoms with Gasteiger partial charge in [-0.2, -0.15) is 0 Å². The number of hydrogen-bond donors (Lipinski definition) is 2. The second kappa shape index (κ2) is 5.79. The Morgan fingerprint density at radius 3 is 3.19 bits per heavy atom. The van der Waals surface area contributed by atoms with Crippen molar-refractivity contribution in [2.75, 3.05) is 6.61 Å². The molecule has 1 aliphatic heterocycles. The van der Waals surface area contributed by atoms with Crippen molar-refractivity contribution in [2.45, 2.75) is 26.0 Å². The van der Waals surface area contributed by atoms with Gasteiger partial charge in [-0.05, 0) is 36.2 Å². The number of ether oxygens (including phenoxy) is 1. The zero-order valence-electron chi connectivity index (χ0n) is 11.5. The molecule has 0 spiro atoms. The molecule has 2 N–H and O–H groups in total.